The molecule has 3 rings (SSSR count). The molecule has 1 aliphatic carbocycles. The van der Waals surface area contributed by atoms with Gasteiger partial charge < -0.3 is 10.4 Å². The molecule has 4 heteroatoms. The van der Waals surface area contributed by atoms with Crippen LogP contribution in [0.5, 0.6) is 0 Å². The zero-order chi connectivity index (χ0) is 19.6. The topological polar surface area (TPSA) is 66.4 Å². The van der Waals surface area contributed by atoms with Crippen LogP contribution in [0, 0.1) is 5.92 Å². The molecule has 27 heavy (non-hydrogen) atoms. The second-order valence-corrected chi connectivity index (χ2v) is 7.45. The number of carbonyl (C=O) groups is 2. The number of hydrogen-bond donors (Lipinski definition) is 2. The lowest BCUT2D eigenvalue weighted by atomic mass is 9.64. The van der Waals surface area contributed by atoms with Gasteiger partial charge in [-0.3, -0.25) is 9.59 Å². The van der Waals surface area contributed by atoms with E-state index in [1.807, 2.05) is 60.7 Å². The molecule has 0 saturated heterocycles. The Labute approximate surface area is 159 Å². The summed E-state index contributed by atoms with van der Waals surface area (Å²) in [6.07, 6.45) is 0.213. The number of hydrogen-bond acceptors (Lipinski definition) is 4. The lowest BCUT2D eigenvalue weighted by Gasteiger charge is -2.43. The number of Topliss-reactive ketones (excluding diaryl/α,β-unsaturated/α-hetero) is 2. The number of aliphatic hydroxyl groups is 1. The van der Waals surface area contributed by atoms with Crippen molar-refractivity contribution < 1.29 is 14.7 Å². The molecule has 0 saturated carbocycles. The van der Waals surface area contributed by atoms with Gasteiger partial charge in [-0.2, -0.15) is 0 Å². The molecule has 0 aromatic heterocycles. The van der Waals surface area contributed by atoms with Crippen molar-refractivity contribution in [1.29, 1.82) is 0 Å². The summed E-state index contributed by atoms with van der Waals surface area (Å²) in [4.78, 5) is 25.2. The van der Waals surface area contributed by atoms with Crippen molar-refractivity contribution in [3.8, 4) is 0 Å². The maximum Gasteiger partial charge on any atom is 0.158 e. The average Bonchev–Trinajstić information content (AvgIpc) is 2.61. The summed E-state index contributed by atoms with van der Waals surface area (Å²) >= 11 is 0. The molecule has 3 atom stereocenters. The zero-order valence-corrected chi connectivity index (χ0v) is 15.9. The van der Waals surface area contributed by atoms with Gasteiger partial charge in [0.25, 0.3) is 0 Å². The quantitative estimate of drug-likeness (QED) is 0.840. The van der Waals surface area contributed by atoms with Crippen LogP contribution in [0.4, 0.5) is 5.69 Å². The summed E-state index contributed by atoms with van der Waals surface area (Å²) in [6, 6.07) is 19.0. The second-order valence-electron chi connectivity index (χ2n) is 7.45. The number of carbonyl (C=O) groups excluding carboxylic acids is 2. The second kappa shape index (κ2) is 7.49. The van der Waals surface area contributed by atoms with Crippen LogP contribution in [-0.4, -0.2) is 22.3 Å². The minimum Gasteiger partial charge on any atom is -0.389 e. The largest absolute Gasteiger partial charge is 0.389 e. The summed E-state index contributed by atoms with van der Waals surface area (Å²) in [5, 5.41) is 14.5. The van der Waals surface area contributed by atoms with Gasteiger partial charge in [0, 0.05) is 29.3 Å². The van der Waals surface area contributed by atoms with Gasteiger partial charge in [0.1, 0.15) is 5.78 Å². The van der Waals surface area contributed by atoms with E-state index in [9.17, 15) is 14.7 Å². The maximum atomic E-state index is 12.7. The molecular formula is C23H25NO3. The highest BCUT2D eigenvalue weighted by atomic mass is 16.3. The molecule has 2 aromatic rings. The first kappa shape index (κ1) is 19.1. The lowest BCUT2D eigenvalue weighted by molar-refractivity contribution is -0.131. The molecule has 0 aliphatic heterocycles. The molecule has 0 radical (unpaired) electrons. The predicted octanol–water partition coefficient (Wildman–Crippen LogP) is 4.09. The van der Waals surface area contributed by atoms with Crippen molar-refractivity contribution in [3.05, 3.63) is 77.5 Å². The highest BCUT2D eigenvalue weighted by molar-refractivity contribution is 5.98. The third-order valence-corrected chi connectivity index (χ3v) is 5.22. The molecule has 0 spiro atoms. The summed E-state index contributed by atoms with van der Waals surface area (Å²) < 4.78 is 0. The monoisotopic (exact) mass is 363 g/mol. The molecule has 0 amide bonds. The highest BCUT2D eigenvalue weighted by Gasteiger charge is 2.49. The van der Waals surface area contributed by atoms with Gasteiger partial charge in [-0.1, -0.05) is 48.5 Å². The van der Waals surface area contributed by atoms with Crippen molar-refractivity contribution in [3.63, 3.8) is 0 Å². The van der Waals surface area contributed by atoms with Gasteiger partial charge in [0.05, 0.1) is 11.5 Å². The van der Waals surface area contributed by atoms with E-state index in [1.165, 1.54) is 13.8 Å². The Bertz CT molecular complexity index is 869. The van der Waals surface area contributed by atoms with Gasteiger partial charge in [0.2, 0.25) is 0 Å². The van der Waals surface area contributed by atoms with Crippen molar-refractivity contribution >= 4 is 17.3 Å². The third-order valence-electron chi connectivity index (χ3n) is 5.22. The molecular weight excluding hydrogens is 338 g/mol. The molecule has 1 aliphatic rings. The van der Waals surface area contributed by atoms with Crippen LogP contribution in [0.15, 0.2) is 71.9 Å². The summed E-state index contributed by atoms with van der Waals surface area (Å²) in [7, 11) is 0. The van der Waals surface area contributed by atoms with Crippen molar-refractivity contribution in [1.82, 2.24) is 0 Å². The van der Waals surface area contributed by atoms with Crippen LogP contribution in [-0.2, 0) is 9.59 Å². The molecule has 4 nitrogen and oxygen atoms in total. The van der Waals surface area contributed by atoms with E-state index >= 15 is 0 Å². The van der Waals surface area contributed by atoms with E-state index in [1.54, 1.807) is 6.92 Å². The van der Waals surface area contributed by atoms with Crippen molar-refractivity contribution in [2.75, 3.05) is 5.32 Å². The van der Waals surface area contributed by atoms with Gasteiger partial charge in [-0.05, 0) is 38.5 Å². The molecule has 2 N–H and O–H groups in total. The fraction of sp³-hybridized carbons (Fsp3) is 0.304. The highest BCUT2D eigenvalue weighted by Crippen LogP contribution is 2.47. The maximum absolute atomic E-state index is 12.7. The minimum atomic E-state index is -1.26. The fourth-order valence-electron chi connectivity index (χ4n) is 4.21. The van der Waals surface area contributed by atoms with E-state index in [0.29, 0.717) is 11.3 Å². The van der Waals surface area contributed by atoms with Crippen molar-refractivity contribution in [2.45, 2.75) is 38.7 Å². The average molecular weight is 363 g/mol. The first-order chi connectivity index (χ1) is 12.8. The van der Waals surface area contributed by atoms with E-state index < -0.39 is 17.4 Å². The Morgan fingerprint density at radius 1 is 1.00 bits per heavy atom. The van der Waals surface area contributed by atoms with Crippen LogP contribution in [0.3, 0.4) is 0 Å². The zero-order valence-electron chi connectivity index (χ0n) is 15.9. The summed E-state index contributed by atoms with van der Waals surface area (Å²) in [6.45, 7) is 4.69. The van der Waals surface area contributed by atoms with E-state index in [-0.39, 0.29) is 18.0 Å². The SMILES string of the molecule is CC(=O)C1=C(Nc2ccccc2)C[C@@](C)(O)[C@@H](C(C)=O)[C@@H]1c1ccccc1. The smallest absolute Gasteiger partial charge is 0.158 e. The predicted molar refractivity (Wildman–Crippen MR) is 106 cm³/mol. The van der Waals surface area contributed by atoms with Gasteiger partial charge >= 0.3 is 0 Å². The Morgan fingerprint density at radius 2 is 1.56 bits per heavy atom. The number of anilines is 1. The minimum absolute atomic E-state index is 0.0935. The Kier molecular flexibility index (Phi) is 5.29. The van der Waals surface area contributed by atoms with Gasteiger partial charge in [-0.15, -0.1) is 0 Å². The first-order valence-corrected chi connectivity index (χ1v) is 9.15. The molecule has 0 fully saturated rings. The number of rotatable bonds is 5. The Morgan fingerprint density at radius 3 is 2.07 bits per heavy atom. The Balaban J connectivity index is 2.20. The fourth-order valence-corrected chi connectivity index (χ4v) is 4.21. The third kappa shape index (κ3) is 3.86. The van der Waals surface area contributed by atoms with Crippen LogP contribution in [0.2, 0.25) is 0 Å². The normalized spacial score (nSPS) is 25.2. The standard InChI is InChI=1S/C23H25NO3/c1-15(25)20-19(24-18-12-8-5-9-13-18)14-23(3,27)22(16(2)26)21(20)17-10-6-4-7-11-17/h4-13,21-22,24,27H,14H2,1-3H3/t21-,22+,23-/m1/s1. The molecule has 140 valence electrons. The number of ketones is 2. The molecule has 0 bridgehead atoms. The molecule has 0 heterocycles. The molecule has 2 aromatic carbocycles. The number of para-hydroxylation sites is 1. The summed E-state index contributed by atoms with van der Waals surface area (Å²) in [5.74, 6) is -1.38. The Hall–Kier alpha value is -2.72. The summed E-state index contributed by atoms with van der Waals surface area (Å²) in [5.41, 5.74) is 1.68. The van der Waals surface area contributed by atoms with Crippen LogP contribution in [0.1, 0.15) is 38.7 Å². The van der Waals surface area contributed by atoms with E-state index in [2.05, 4.69) is 5.32 Å². The van der Waals surface area contributed by atoms with E-state index in [4.69, 9.17) is 0 Å². The van der Waals surface area contributed by atoms with Gasteiger partial charge in [-0.25, -0.2) is 0 Å². The van der Waals surface area contributed by atoms with Crippen LogP contribution < -0.4 is 5.32 Å². The number of benzene rings is 2. The van der Waals surface area contributed by atoms with Gasteiger partial charge in [0.15, 0.2) is 5.78 Å². The lowest BCUT2D eigenvalue weighted by Crippen LogP contribution is -2.48. The first-order valence-electron chi connectivity index (χ1n) is 9.15. The van der Waals surface area contributed by atoms with Crippen molar-refractivity contribution in [2.24, 2.45) is 5.92 Å². The van der Waals surface area contributed by atoms with Crippen LogP contribution >= 0.6 is 0 Å². The molecule has 0 unspecified atom stereocenters. The number of allylic oxidation sites excluding steroid dienone is 1. The van der Waals surface area contributed by atoms with E-state index in [0.717, 1.165) is 11.3 Å². The number of nitrogens with one attached hydrogen (secondary N) is 1. The van der Waals surface area contributed by atoms with Crippen LogP contribution in [0.25, 0.3) is 0 Å².